The summed E-state index contributed by atoms with van der Waals surface area (Å²) in [5, 5.41) is 13.1. The van der Waals surface area contributed by atoms with Gasteiger partial charge in [-0.2, -0.15) is 0 Å². The summed E-state index contributed by atoms with van der Waals surface area (Å²) in [5.41, 5.74) is -0.960. The predicted molar refractivity (Wildman–Crippen MR) is 76.5 cm³/mol. The summed E-state index contributed by atoms with van der Waals surface area (Å²) in [6.45, 7) is 5.56. The van der Waals surface area contributed by atoms with Gasteiger partial charge in [0.2, 0.25) is 0 Å². The lowest BCUT2D eigenvalue weighted by molar-refractivity contribution is -0.143. The number of nitrogens with one attached hydrogen (secondary N) is 1. The molecule has 5 heteroatoms. The van der Waals surface area contributed by atoms with Crippen LogP contribution in [0.25, 0.3) is 0 Å². The van der Waals surface area contributed by atoms with Crippen LogP contribution in [-0.4, -0.2) is 28.4 Å². The number of benzene rings is 1. The number of carboxylic acids is 1. The maximum absolute atomic E-state index is 11.4. The number of hydrogen-bond donors (Lipinski definition) is 2. The molecule has 0 aliphatic carbocycles. The molecule has 1 rings (SSSR count). The van der Waals surface area contributed by atoms with Crippen LogP contribution in [-0.2, 0) is 4.79 Å². The van der Waals surface area contributed by atoms with E-state index in [9.17, 15) is 9.90 Å². The van der Waals surface area contributed by atoms with Crippen molar-refractivity contribution in [1.82, 2.24) is 5.32 Å². The van der Waals surface area contributed by atoms with Gasteiger partial charge in [0.25, 0.3) is 0 Å². The highest BCUT2D eigenvalue weighted by Gasteiger charge is 2.33. The fourth-order valence-corrected chi connectivity index (χ4v) is 2.92. The molecule has 2 N–H and O–H groups in total. The molecule has 0 bridgehead atoms. The van der Waals surface area contributed by atoms with Crippen LogP contribution in [0.5, 0.6) is 0 Å². The van der Waals surface area contributed by atoms with Crippen molar-refractivity contribution in [3.63, 3.8) is 0 Å². The van der Waals surface area contributed by atoms with Crippen LogP contribution >= 0.6 is 23.4 Å². The number of hydrogen-bond acceptors (Lipinski definition) is 3. The van der Waals surface area contributed by atoms with Crippen LogP contribution in [0.3, 0.4) is 0 Å². The first kappa shape index (κ1) is 15.3. The van der Waals surface area contributed by atoms with Gasteiger partial charge in [-0.15, -0.1) is 11.8 Å². The number of aliphatic carboxylic acids is 1. The molecule has 0 fully saturated rings. The van der Waals surface area contributed by atoms with Crippen molar-refractivity contribution < 1.29 is 9.90 Å². The van der Waals surface area contributed by atoms with Crippen LogP contribution in [0, 0.1) is 0 Å². The molecule has 0 radical (unpaired) electrons. The van der Waals surface area contributed by atoms with Crippen molar-refractivity contribution >= 4 is 29.3 Å². The minimum atomic E-state index is -0.960. The molecule has 0 aliphatic rings. The van der Waals surface area contributed by atoms with E-state index in [0.29, 0.717) is 10.8 Å². The highest BCUT2D eigenvalue weighted by Crippen LogP contribution is 2.29. The van der Waals surface area contributed by atoms with Crippen molar-refractivity contribution in [2.75, 3.05) is 5.75 Å². The Labute approximate surface area is 117 Å². The quantitative estimate of drug-likeness (QED) is 0.789. The molecule has 3 nitrogen and oxygen atoms in total. The summed E-state index contributed by atoms with van der Waals surface area (Å²) in [6.07, 6.45) is 0. The van der Waals surface area contributed by atoms with Gasteiger partial charge in [-0.25, -0.2) is 0 Å². The molecule has 1 atom stereocenters. The third-order valence-electron chi connectivity index (χ3n) is 2.43. The van der Waals surface area contributed by atoms with Gasteiger partial charge in [-0.1, -0.05) is 23.7 Å². The Morgan fingerprint density at radius 3 is 2.61 bits per heavy atom. The number of carboxylic acid groups (broad SMARTS) is 1. The fourth-order valence-electron chi connectivity index (χ4n) is 1.59. The van der Waals surface area contributed by atoms with Gasteiger partial charge in [-0.3, -0.25) is 10.1 Å². The molecule has 1 aromatic rings. The largest absolute Gasteiger partial charge is 0.480 e. The van der Waals surface area contributed by atoms with E-state index < -0.39 is 11.5 Å². The Morgan fingerprint density at radius 1 is 1.50 bits per heavy atom. The zero-order valence-corrected chi connectivity index (χ0v) is 12.3. The standard InChI is InChI=1S/C13H18ClNO2S/c1-9(2)15-13(3,12(16)17)8-18-11-7-5-4-6-10(11)14/h4-7,9,15H,8H2,1-3H3,(H,16,17). The highest BCUT2D eigenvalue weighted by molar-refractivity contribution is 7.99. The normalized spacial score (nSPS) is 14.5. The van der Waals surface area contributed by atoms with Crippen molar-refractivity contribution in [2.45, 2.75) is 37.2 Å². The monoisotopic (exact) mass is 287 g/mol. The summed E-state index contributed by atoms with van der Waals surface area (Å²) in [6, 6.07) is 7.55. The van der Waals surface area contributed by atoms with Gasteiger partial charge < -0.3 is 5.11 Å². The SMILES string of the molecule is CC(C)NC(C)(CSc1ccccc1Cl)C(=O)O. The van der Waals surface area contributed by atoms with E-state index in [1.165, 1.54) is 11.8 Å². The maximum atomic E-state index is 11.4. The van der Waals surface area contributed by atoms with Gasteiger partial charge in [0, 0.05) is 16.7 Å². The molecule has 1 aromatic carbocycles. The maximum Gasteiger partial charge on any atom is 0.324 e. The molecular formula is C13H18ClNO2S. The van der Waals surface area contributed by atoms with Gasteiger partial charge in [-0.05, 0) is 32.9 Å². The number of halogens is 1. The van der Waals surface area contributed by atoms with E-state index >= 15 is 0 Å². The van der Waals surface area contributed by atoms with Gasteiger partial charge in [0.05, 0.1) is 5.02 Å². The van der Waals surface area contributed by atoms with E-state index in [-0.39, 0.29) is 6.04 Å². The molecule has 100 valence electrons. The zero-order chi connectivity index (χ0) is 13.8. The highest BCUT2D eigenvalue weighted by atomic mass is 35.5. The van der Waals surface area contributed by atoms with Crippen LogP contribution in [0.15, 0.2) is 29.2 Å². The lowest BCUT2D eigenvalue weighted by atomic mass is 10.1. The Kier molecular flexibility index (Phi) is 5.50. The predicted octanol–water partition coefficient (Wildman–Crippen LogP) is 3.27. The second-order valence-electron chi connectivity index (χ2n) is 4.66. The molecule has 0 aromatic heterocycles. The summed E-state index contributed by atoms with van der Waals surface area (Å²) in [4.78, 5) is 12.3. The molecule has 0 amide bonds. The summed E-state index contributed by atoms with van der Waals surface area (Å²) < 4.78 is 0. The van der Waals surface area contributed by atoms with Crippen LogP contribution in [0.2, 0.25) is 5.02 Å². The number of carbonyl (C=O) groups is 1. The van der Waals surface area contributed by atoms with Crippen molar-refractivity contribution in [3.8, 4) is 0 Å². The van der Waals surface area contributed by atoms with Gasteiger partial charge in [0.1, 0.15) is 5.54 Å². The molecule has 0 heterocycles. The van der Waals surface area contributed by atoms with E-state index in [1.54, 1.807) is 13.0 Å². The second-order valence-corrected chi connectivity index (χ2v) is 6.08. The Balaban J connectivity index is 2.75. The summed E-state index contributed by atoms with van der Waals surface area (Å²) >= 11 is 7.50. The minimum Gasteiger partial charge on any atom is -0.480 e. The van der Waals surface area contributed by atoms with Crippen LogP contribution in [0.1, 0.15) is 20.8 Å². The first-order valence-electron chi connectivity index (χ1n) is 5.73. The topological polar surface area (TPSA) is 49.3 Å². The number of rotatable bonds is 6. The Hall–Kier alpha value is -0.710. The van der Waals surface area contributed by atoms with Crippen LogP contribution in [0.4, 0.5) is 0 Å². The molecule has 1 unspecified atom stereocenters. The minimum absolute atomic E-state index is 0.109. The van der Waals surface area contributed by atoms with E-state index in [0.717, 1.165) is 4.90 Å². The lowest BCUT2D eigenvalue weighted by Crippen LogP contribution is -2.54. The molecule has 18 heavy (non-hydrogen) atoms. The smallest absolute Gasteiger partial charge is 0.324 e. The fraction of sp³-hybridized carbons (Fsp3) is 0.462. The van der Waals surface area contributed by atoms with E-state index in [1.807, 2.05) is 32.0 Å². The van der Waals surface area contributed by atoms with Crippen molar-refractivity contribution in [2.24, 2.45) is 0 Å². The molecule has 0 aliphatic heterocycles. The Bertz CT molecular complexity index is 425. The van der Waals surface area contributed by atoms with Gasteiger partial charge in [0.15, 0.2) is 0 Å². The van der Waals surface area contributed by atoms with Gasteiger partial charge >= 0.3 is 5.97 Å². The first-order chi connectivity index (χ1) is 8.35. The number of thioether (sulfide) groups is 1. The molecule has 0 saturated heterocycles. The zero-order valence-electron chi connectivity index (χ0n) is 10.7. The summed E-state index contributed by atoms with van der Waals surface area (Å²) in [5.74, 6) is -0.430. The first-order valence-corrected chi connectivity index (χ1v) is 7.10. The third kappa shape index (κ3) is 4.19. The van der Waals surface area contributed by atoms with E-state index in [2.05, 4.69) is 5.32 Å². The summed E-state index contributed by atoms with van der Waals surface area (Å²) in [7, 11) is 0. The van der Waals surface area contributed by atoms with E-state index in [4.69, 9.17) is 11.6 Å². The second kappa shape index (κ2) is 6.45. The third-order valence-corrected chi connectivity index (χ3v) is 4.26. The van der Waals surface area contributed by atoms with Crippen LogP contribution < -0.4 is 5.32 Å². The molecule has 0 spiro atoms. The van der Waals surface area contributed by atoms with Crippen molar-refractivity contribution in [1.29, 1.82) is 0 Å². The molecular weight excluding hydrogens is 270 g/mol. The lowest BCUT2D eigenvalue weighted by Gasteiger charge is -2.28. The molecule has 0 saturated carbocycles. The average molecular weight is 288 g/mol. The average Bonchev–Trinajstić information content (AvgIpc) is 2.27. The van der Waals surface area contributed by atoms with Crippen molar-refractivity contribution in [3.05, 3.63) is 29.3 Å². The Morgan fingerprint density at radius 2 is 2.11 bits per heavy atom.